The highest BCUT2D eigenvalue weighted by atomic mass is 79.9. The fraction of sp³-hybridized carbons (Fsp3) is 0.200. The predicted octanol–water partition coefficient (Wildman–Crippen LogP) is 3.84. The van der Waals surface area contributed by atoms with E-state index in [1.807, 2.05) is 59.3 Å². The first kappa shape index (κ1) is 19.5. The minimum atomic E-state index is -1.07. The Balaban J connectivity index is 1.39. The van der Waals surface area contributed by atoms with Crippen molar-refractivity contribution in [2.24, 2.45) is 0 Å². The minimum Gasteiger partial charge on any atom is -0.352 e. The van der Waals surface area contributed by atoms with E-state index in [1.165, 1.54) is 0 Å². The first-order chi connectivity index (χ1) is 13.1. The molecule has 7 heteroatoms. The number of hydrogen-bond acceptors (Lipinski definition) is 3. The van der Waals surface area contributed by atoms with Crippen LogP contribution >= 0.6 is 15.9 Å². The standard InChI is InChI=1S/C20H20BrN3O2S/c21-17-5-9-19(10-6-17)27(26)13-1-2-20(25)23-14-16-3-7-18(8-4-16)24-12-11-22-15-24/h3-12,15H,1-2,13-14H2,(H,23,25). The lowest BCUT2D eigenvalue weighted by atomic mass is 10.2. The lowest BCUT2D eigenvalue weighted by Gasteiger charge is -2.07. The number of hydrogen-bond donors (Lipinski definition) is 1. The Morgan fingerprint density at radius 1 is 1.11 bits per heavy atom. The quantitative estimate of drug-likeness (QED) is 0.572. The van der Waals surface area contributed by atoms with Gasteiger partial charge in [0.2, 0.25) is 5.91 Å². The van der Waals surface area contributed by atoms with E-state index in [2.05, 4.69) is 26.2 Å². The molecule has 1 amide bonds. The molecule has 1 unspecified atom stereocenters. The smallest absolute Gasteiger partial charge is 0.220 e. The Labute approximate surface area is 169 Å². The molecule has 5 nitrogen and oxygen atoms in total. The molecule has 1 aromatic heterocycles. The number of carbonyl (C=O) groups excluding carboxylic acids is 1. The van der Waals surface area contributed by atoms with Crippen molar-refractivity contribution in [1.29, 1.82) is 0 Å². The molecule has 1 N–H and O–H groups in total. The number of imidazole rings is 1. The van der Waals surface area contributed by atoms with Gasteiger partial charge in [-0.15, -0.1) is 0 Å². The van der Waals surface area contributed by atoms with Gasteiger partial charge in [-0.3, -0.25) is 9.00 Å². The van der Waals surface area contributed by atoms with E-state index in [4.69, 9.17) is 0 Å². The summed E-state index contributed by atoms with van der Waals surface area (Å²) < 4.78 is 15.1. The highest BCUT2D eigenvalue weighted by molar-refractivity contribution is 9.10. The summed E-state index contributed by atoms with van der Waals surface area (Å²) in [7, 11) is -1.07. The summed E-state index contributed by atoms with van der Waals surface area (Å²) in [5, 5.41) is 2.91. The second kappa shape index (κ2) is 9.62. The maximum absolute atomic E-state index is 12.2. The molecule has 140 valence electrons. The van der Waals surface area contributed by atoms with E-state index < -0.39 is 10.8 Å². The van der Waals surface area contributed by atoms with Gasteiger partial charge in [0.05, 0.1) is 17.1 Å². The fourth-order valence-electron chi connectivity index (χ4n) is 2.55. The van der Waals surface area contributed by atoms with Gasteiger partial charge in [-0.1, -0.05) is 28.1 Å². The molecular weight excluding hydrogens is 426 g/mol. The molecule has 27 heavy (non-hydrogen) atoms. The van der Waals surface area contributed by atoms with Crippen LogP contribution < -0.4 is 5.32 Å². The average Bonchev–Trinajstić information content (AvgIpc) is 3.22. The van der Waals surface area contributed by atoms with Gasteiger partial charge in [-0.05, 0) is 48.4 Å². The number of carbonyl (C=O) groups is 1. The molecule has 1 atom stereocenters. The average molecular weight is 446 g/mol. The van der Waals surface area contributed by atoms with Crippen molar-refractivity contribution < 1.29 is 9.00 Å². The number of rotatable bonds is 8. The van der Waals surface area contributed by atoms with Gasteiger partial charge in [0, 0.05) is 46.2 Å². The molecule has 0 spiro atoms. The molecule has 0 aliphatic carbocycles. The van der Waals surface area contributed by atoms with Crippen LogP contribution in [0.5, 0.6) is 0 Å². The van der Waals surface area contributed by atoms with Crippen LogP contribution in [0.3, 0.4) is 0 Å². The van der Waals surface area contributed by atoms with E-state index in [0.717, 1.165) is 20.6 Å². The van der Waals surface area contributed by atoms with Gasteiger partial charge in [0.1, 0.15) is 0 Å². The molecule has 3 aromatic rings. The number of benzene rings is 2. The molecule has 0 bridgehead atoms. The summed E-state index contributed by atoms with van der Waals surface area (Å²) in [6.07, 6.45) is 6.32. The SMILES string of the molecule is O=C(CCCS(=O)c1ccc(Br)cc1)NCc1ccc(-n2ccnc2)cc1. The Bertz CT molecular complexity index is 894. The summed E-state index contributed by atoms with van der Waals surface area (Å²) in [5.74, 6) is 0.454. The lowest BCUT2D eigenvalue weighted by molar-refractivity contribution is -0.121. The molecule has 0 aliphatic rings. The maximum Gasteiger partial charge on any atom is 0.220 e. The first-order valence-electron chi connectivity index (χ1n) is 8.60. The van der Waals surface area contributed by atoms with Gasteiger partial charge in [-0.25, -0.2) is 4.98 Å². The molecule has 2 aromatic carbocycles. The van der Waals surface area contributed by atoms with Crippen LogP contribution in [0, 0.1) is 0 Å². The van der Waals surface area contributed by atoms with Crippen molar-refractivity contribution in [3.63, 3.8) is 0 Å². The summed E-state index contributed by atoms with van der Waals surface area (Å²) in [6.45, 7) is 0.485. The molecule has 3 rings (SSSR count). The van der Waals surface area contributed by atoms with E-state index >= 15 is 0 Å². The van der Waals surface area contributed by atoms with Crippen LogP contribution in [0.15, 0.2) is 76.6 Å². The van der Waals surface area contributed by atoms with Crippen molar-refractivity contribution >= 4 is 32.6 Å². The van der Waals surface area contributed by atoms with Gasteiger partial charge < -0.3 is 9.88 Å². The normalized spacial score (nSPS) is 11.9. The molecule has 0 fully saturated rings. The highest BCUT2D eigenvalue weighted by Gasteiger charge is 2.07. The van der Waals surface area contributed by atoms with Crippen molar-refractivity contribution in [2.75, 3.05) is 5.75 Å². The largest absolute Gasteiger partial charge is 0.352 e. The van der Waals surface area contributed by atoms with Crippen molar-refractivity contribution in [2.45, 2.75) is 24.3 Å². The van der Waals surface area contributed by atoms with E-state index in [0.29, 0.717) is 25.1 Å². The predicted molar refractivity (Wildman–Crippen MR) is 110 cm³/mol. The topological polar surface area (TPSA) is 64.0 Å². The van der Waals surface area contributed by atoms with Gasteiger partial charge in [0.15, 0.2) is 0 Å². The summed E-state index contributed by atoms with van der Waals surface area (Å²) in [6, 6.07) is 15.4. The zero-order valence-corrected chi connectivity index (χ0v) is 17.1. The third-order valence-corrected chi connectivity index (χ3v) is 6.02. The number of nitrogens with zero attached hydrogens (tertiary/aromatic N) is 2. The van der Waals surface area contributed by atoms with E-state index in [9.17, 15) is 9.00 Å². The lowest BCUT2D eigenvalue weighted by Crippen LogP contribution is -2.22. The van der Waals surface area contributed by atoms with E-state index in [-0.39, 0.29) is 5.91 Å². The van der Waals surface area contributed by atoms with Crippen molar-refractivity contribution in [3.8, 4) is 5.69 Å². The third-order valence-electron chi connectivity index (χ3n) is 4.04. The molecule has 0 radical (unpaired) electrons. The Kier molecular flexibility index (Phi) is 6.95. The summed E-state index contributed by atoms with van der Waals surface area (Å²) in [4.78, 5) is 16.8. The monoisotopic (exact) mass is 445 g/mol. The molecule has 0 aliphatic heterocycles. The first-order valence-corrected chi connectivity index (χ1v) is 10.7. The van der Waals surface area contributed by atoms with Gasteiger partial charge >= 0.3 is 0 Å². The highest BCUT2D eigenvalue weighted by Crippen LogP contribution is 2.14. The number of aromatic nitrogens is 2. The van der Waals surface area contributed by atoms with Crippen LogP contribution in [-0.4, -0.2) is 25.4 Å². The maximum atomic E-state index is 12.2. The second-order valence-corrected chi connectivity index (χ2v) is 8.51. The fourth-order valence-corrected chi connectivity index (χ4v) is 3.90. The Morgan fingerprint density at radius 3 is 2.52 bits per heavy atom. The summed E-state index contributed by atoms with van der Waals surface area (Å²) >= 11 is 3.36. The van der Waals surface area contributed by atoms with Gasteiger partial charge in [0.25, 0.3) is 0 Å². The van der Waals surface area contributed by atoms with Crippen molar-refractivity contribution in [3.05, 3.63) is 77.3 Å². The molecular formula is C20H20BrN3O2S. The zero-order chi connectivity index (χ0) is 19.1. The number of amides is 1. The molecule has 1 heterocycles. The van der Waals surface area contributed by atoms with Gasteiger partial charge in [-0.2, -0.15) is 0 Å². The van der Waals surface area contributed by atoms with Crippen LogP contribution in [0.2, 0.25) is 0 Å². The van der Waals surface area contributed by atoms with Crippen LogP contribution in [0.1, 0.15) is 18.4 Å². The second-order valence-electron chi connectivity index (χ2n) is 6.02. The minimum absolute atomic E-state index is 0.0264. The zero-order valence-electron chi connectivity index (χ0n) is 14.7. The van der Waals surface area contributed by atoms with E-state index in [1.54, 1.807) is 12.5 Å². The van der Waals surface area contributed by atoms with Crippen LogP contribution in [0.25, 0.3) is 5.69 Å². The third kappa shape index (κ3) is 5.87. The molecule has 0 saturated heterocycles. The van der Waals surface area contributed by atoms with Crippen molar-refractivity contribution in [1.82, 2.24) is 14.9 Å². The summed E-state index contributed by atoms with van der Waals surface area (Å²) in [5.41, 5.74) is 2.06. The number of nitrogens with one attached hydrogen (secondary N) is 1. The Morgan fingerprint density at radius 2 is 1.85 bits per heavy atom. The number of halogens is 1. The Hall–Kier alpha value is -2.25. The van der Waals surface area contributed by atoms with Crippen LogP contribution in [-0.2, 0) is 22.1 Å². The molecule has 0 saturated carbocycles. The van der Waals surface area contributed by atoms with Crippen LogP contribution in [0.4, 0.5) is 0 Å².